The number of carbonyl (C=O) groups is 1. The molecule has 2 rings (SSSR count). The number of nitrogens with two attached hydrogens (primary N) is 2. The SMILES string of the molecule is Nc1cc(N)cc(C(=O)OC2CCOCC2)c1. The van der Waals surface area contributed by atoms with E-state index in [0.29, 0.717) is 30.2 Å². The molecule has 0 radical (unpaired) electrons. The maximum Gasteiger partial charge on any atom is 0.338 e. The Morgan fingerprint density at radius 2 is 1.76 bits per heavy atom. The van der Waals surface area contributed by atoms with E-state index in [-0.39, 0.29) is 12.1 Å². The largest absolute Gasteiger partial charge is 0.459 e. The van der Waals surface area contributed by atoms with Gasteiger partial charge in [0.2, 0.25) is 0 Å². The van der Waals surface area contributed by atoms with Crippen molar-refractivity contribution >= 4 is 17.3 Å². The molecule has 1 saturated heterocycles. The van der Waals surface area contributed by atoms with Crippen molar-refractivity contribution in [1.29, 1.82) is 0 Å². The van der Waals surface area contributed by atoms with Crippen molar-refractivity contribution in [2.24, 2.45) is 0 Å². The van der Waals surface area contributed by atoms with Crippen LogP contribution in [0.4, 0.5) is 11.4 Å². The van der Waals surface area contributed by atoms with Crippen LogP contribution in [0.25, 0.3) is 0 Å². The second kappa shape index (κ2) is 5.05. The highest BCUT2D eigenvalue weighted by Gasteiger charge is 2.19. The lowest BCUT2D eigenvalue weighted by Gasteiger charge is -2.22. The van der Waals surface area contributed by atoms with Crippen molar-refractivity contribution in [2.75, 3.05) is 24.7 Å². The lowest BCUT2D eigenvalue weighted by Crippen LogP contribution is -2.26. The van der Waals surface area contributed by atoms with E-state index in [4.69, 9.17) is 20.9 Å². The molecule has 17 heavy (non-hydrogen) atoms. The standard InChI is InChI=1S/C12H16N2O3/c13-9-5-8(6-10(14)7-9)12(15)17-11-1-3-16-4-2-11/h5-7,11H,1-4,13-14H2. The molecule has 0 bridgehead atoms. The lowest BCUT2D eigenvalue weighted by molar-refractivity contribution is -0.0159. The summed E-state index contributed by atoms with van der Waals surface area (Å²) in [6.07, 6.45) is 1.41. The smallest absolute Gasteiger partial charge is 0.338 e. The minimum Gasteiger partial charge on any atom is -0.459 e. The highest BCUT2D eigenvalue weighted by molar-refractivity contribution is 5.91. The van der Waals surface area contributed by atoms with E-state index in [1.54, 1.807) is 18.2 Å². The van der Waals surface area contributed by atoms with E-state index in [0.717, 1.165) is 12.8 Å². The average molecular weight is 236 g/mol. The molecule has 0 amide bonds. The Labute approximate surface area is 99.7 Å². The second-order valence-corrected chi connectivity index (χ2v) is 4.11. The molecule has 0 spiro atoms. The molecule has 0 aromatic heterocycles. The highest BCUT2D eigenvalue weighted by Crippen LogP contribution is 2.17. The molecule has 1 heterocycles. The van der Waals surface area contributed by atoms with Crippen LogP contribution < -0.4 is 11.5 Å². The van der Waals surface area contributed by atoms with Crippen molar-refractivity contribution in [3.63, 3.8) is 0 Å². The van der Waals surface area contributed by atoms with Gasteiger partial charge in [0.1, 0.15) is 6.10 Å². The van der Waals surface area contributed by atoms with Crippen LogP contribution in [0.15, 0.2) is 18.2 Å². The maximum atomic E-state index is 11.8. The van der Waals surface area contributed by atoms with Crippen molar-refractivity contribution in [3.8, 4) is 0 Å². The van der Waals surface area contributed by atoms with E-state index < -0.39 is 0 Å². The second-order valence-electron chi connectivity index (χ2n) is 4.11. The summed E-state index contributed by atoms with van der Waals surface area (Å²) in [6.45, 7) is 1.27. The molecule has 1 aliphatic heterocycles. The molecule has 5 nitrogen and oxygen atoms in total. The molecule has 0 aliphatic carbocycles. The molecule has 0 unspecified atom stereocenters. The number of esters is 1. The Morgan fingerprint density at radius 3 is 2.35 bits per heavy atom. The normalized spacial score (nSPS) is 16.7. The third-order valence-corrected chi connectivity index (χ3v) is 2.66. The Hall–Kier alpha value is -1.75. The minimum atomic E-state index is -0.379. The first-order chi connectivity index (χ1) is 8.15. The Bertz CT molecular complexity index is 394. The topological polar surface area (TPSA) is 87.6 Å². The fourth-order valence-corrected chi connectivity index (χ4v) is 1.81. The van der Waals surface area contributed by atoms with Crippen molar-refractivity contribution in [3.05, 3.63) is 23.8 Å². The first-order valence-corrected chi connectivity index (χ1v) is 5.60. The molecular weight excluding hydrogens is 220 g/mol. The van der Waals surface area contributed by atoms with Gasteiger partial charge in [0.05, 0.1) is 18.8 Å². The summed E-state index contributed by atoms with van der Waals surface area (Å²) in [4.78, 5) is 11.8. The zero-order valence-corrected chi connectivity index (χ0v) is 9.52. The summed E-state index contributed by atoms with van der Waals surface area (Å²) in [5, 5.41) is 0. The first kappa shape index (κ1) is 11.7. The first-order valence-electron chi connectivity index (χ1n) is 5.60. The van der Waals surface area contributed by atoms with E-state index in [1.165, 1.54) is 0 Å². The Balaban J connectivity index is 2.03. The van der Waals surface area contributed by atoms with Gasteiger partial charge in [0, 0.05) is 24.2 Å². The maximum absolute atomic E-state index is 11.8. The number of hydrogen-bond donors (Lipinski definition) is 2. The summed E-state index contributed by atoms with van der Waals surface area (Å²) in [7, 11) is 0. The van der Waals surface area contributed by atoms with Crippen LogP contribution in [-0.4, -0.2) is 25.3 Å². The molecule has 92 valence electrons. The van der Waals surface area contributed by atoms with Gasteiger partial charge in [-0.25, -0.2) is 4.79 Å². The van der Waals surface area contributed by atoms with E-state index >= 15 is 0 Å². The molecule has 5 heteroatoms. The molecule has 1 aromatic rings. The van der Waals surface area contributed by atoms with Gasteiger partial charge < -0.3 is 20.9 Å². The van der Waals surface area contributed by atoms with Gasteiger partial charge in [-0.05, 0) is 18.2 Å². The predicted octanol–water partition coefficient (Wildman–Crippen LogP) is 1.19. The third kappa shape index (κ3) is 3.10. The zero-order valence-electron chi connectivity index (χ0n) is 9.52. The monoisotopic (exact) mass is 236 g/mol. The number of carbonyl (C=O) groups excluding carboxylic acids is 1. The molecule has 1 fully saturated rings. The van der Waals surface area contributed by atoms with Crippen LogP contribution in [0, 0.1) is 0 Å². The molecule has 1 aromatic carbocycles. The van der Waals surface area contributed by atoms with Gasteiger partial charge >= 0.3 is 5.97 Å². The van der Waals surface area contributed by atoms with Crippen LogP contribution in [-0.2, 0) is 9.47 Å². The van der Waals surface area contributed by atoms with Gasteiger partial charge in [-0.3, -0.25) is 0 Å². The molecule has 0 atom stereocenters. The number of rotatable bonds is 2. The van der Waals surface area contributed by atoms with E-state index in [9.17, 15) is 4.79 Å². The summed E-state index contributed by atoms with van der Waals surface area (Å²) in [5.41, 5.74) is 12.6. The van der Waals surface area contributed by atoms with Gasteiger partial charge in [-0.2, -0.15) is 0 Å². The number of benzene rings is 1. The predicted molar refractivity (Wildman–Crippen MR) is 64.5 cm³/mol. The van der Waals surface area contributed by atoms with Gasteiger partial charge in [-0.15, -0.1) is 0 Å². The van der Waals surface area contributed by atoms with Crippen LogP contribution in [0.5, 0.6) is 0 Å². The Kier molecular flexibility index (Phi) is 3.49. The molecule has 1 aliphatic rings. The summed E-state index contributed by atoms with van der Waals surface area (Å²) in [6, 6.07) is 4.74. The summed E-state index contributed by atoms with van der Waals surface area (Å²) < 4.78 is 10.6. The summed E-state index contributed by atoms with van der Waals surface area (Å²) in [5.74, 6) is -0.379. The quantitative estimate of drug-likeness (QED) is 0.594. The third-order valence-electron chi connectivity index (χ3n) is 2.66. The van der Waals surface area contributed by atoms with Crippen molar-refractivity contribution in [2.45, 2.75) is 18.9 Å². The van der Waals surface area contributed by atoms with E-state index in [1.807, 2.05) is 0 Å². The number of nitrogen functional groups attached to an aromatic ring is 2. The van der Waals surface area contributed by atoms with E-state index in [2.05, 4.69) is 0 Å². The zero-order chi connectivity index (χ0) is 12.3. The lowest BCUT2D eigenvalue weighted by atomic mass is 10.1. The van der Waals surface area contributed by atoms with Gasteiger partial charge in [0.25, 0.3) is 0 Å². The van der Waals surface area contributed by atoms with Crippen LogP contribution >= 0.6 is 0 Å². The highest BCUT2D eigenvalue weighted by atomic mass is 16.6. The van der Waals surface area contributed by atoms with Crippen molar-refractivity contribution in [1.82, 2.24) is 0 Å². The number of anilines is 2. The van der Waals surface area contributed by atoms with Crippen molar-refractivity contribution < 1.29 is 14.3 Å². The van der Waals surface area contributed by atoms with Crippen LogP contribution in [0.2, 0.25) is 0 Å². The number of ether oxygens (including phenoxy) is 2. The fraction of sp³-hybridized carbons (Fsp3) is 0.417. The average Bonchev–Trinajstić information content (AvgIpc) is 2.29. The summed E-state index contributed by atoms with van der Waals surface area (Å²) >= 11 is 0. The van der Waals surface area contributed by atoms with Crippen LogP contribution in [0.3, 0.4) is 0 Å². The molecule has 0 saturated carbocycles. The molecule has 4 N–H and O–H groups in total. The van der Waals surface area contributed by atoms with Gasteiger partial charge in [-0.1, -0.05) is 0 Å². The minimum absolute atomic E-state index is 0.0705. The fourth-order valence-electron chi connectivity index (χ4n) is 1.81. The Morgan fingerprint density at radius 1 is 1.18 bits per heavy atom. The number of hydrogen-bond acceptors (Lipinski definition) is 5. The molecular formula is C12H16N2O3. The van der Waals surface area contributed by atoms with Crippen LogP contribution in [0.1, 0.15) is 23.2 Å². The van der Waals surface area contributed by atoms with Gasteiger partial charge in [0.15, 0.2) is 0 Å².